The Kier molecular flexibility index (Phi) is 9.12. The molecule has 2 N–H and O–H groups in total. The summed E-state index contributed by atoms with van der Waals surface area (Å²) in [5, 5.41) is 0.607. The Morgan fingerprint density at radius 2 is 1.84 bits per heavy atom. The van der Waals surface area contributed by atoms with Gasteiger partial charge in [-0.3, -0.25) is 9.11 Å². The molecule has 1 aromatic heterocycles. The topological polar surface area (TPSA) is 61.9 Å². The molecule has 200 valence electrons. The van der Waals surface area contributed by atoms with Crippen LogP contribution in [0.3, 0.4) is 0 Å². The van der Waals surface area contributed by atoms with Crippen LogP contribution in [0.4, 0.5) is 5.69 Å². The lowest BCUT2D eigenvalue weighted by Gasteiger charge is -2.36. The zero-order valence-electron chi connectivity index (χ0n) is 21.8. The minimum absolute atomic E-state index is 0.607. The fraction of sp³-hybridized carbons (Fsp3) is 0.367. The van der Waals surface area contributed by atoms with Crippen molar-refractivity contribution in [2.24, 2.45) is 10.7 Å². The SMILES string of the molecule is CS(=O)c1cccc(-c2ccc(C(C=C(N)CN3CCC(N4CCCC4)CC3)=Nc3ccccc3Cl)s2)c1. The molecule has 2 aliphatic rings. The molecular formula is C30H35ClN4OS2. The van der Waals surface area contributed by atoms with Crippen molar-refractivity contribution in [3.8, 4) is 10.4 Å². The molecule has 0 amide bonds. The maximum Gasteiger partial charge on any atom is 0.0827 e. The van der Waals surface area contributed by atoms with Gasteiger partial charge in [0.15, 0.2) is 0 Å². The number of aliphatic imine (C=N–C) groups is 1. The third-order valence-corrected chi connectivity index (χ3v) is 9.74. The van der Waals surface area contributed by atoms with Crippen LogP contribution in [0.2, 0.25) is 5.02 Å². The van der Waals surface area contributed by atoms with Crippen LogP contribution in [-0.2, 0) is 10.8 Å². The molecule has 2 aromatic carbocycles. The first-order valence-corrected chi connectivity index (χ1v) is 16.0. The van der Waals surface area contributed by atoms with Gasteiger partial charge < -0.3 is 10.6 Å². The zero-order valence-corrected chi connectivity index (χ0v) is 24.2. The van der Waals surface area contributed by atoms with Gasteiger partial charge in [0, 0.05) is 58.2 Å². The maximum absolute atomic E-state index is 12.0. The van der Waals surface area contributed by atoms with Gasteiger partial charge in [-0.05, 0) is 86.8 Å². The number of para-hydroxylation sites is 1. The molecule has 0 bridgehead atoms. The van der Waals surface area contributed by atoms with Crippen LogP contribution in [0.1, 0.15) is 30.6 Å². The van der Waals surface area contributed by atoms with E-state index in [4.69, 9.17) is 22.3 Å². The Labute approximate surface area is 237 Å². The van der Waals surface area contributed by atoms with Gasteiger partial charge in [-0.1, -0.05) is 35.9 Å². The fourth-order valence-corrected chi connectivity index (χ4v) is 7.02. The second-order valence-electron chi connectivity index (χ2n) is 10.1. The van der Waals surface area contributed by atoms with E-state index in [9.17, 15) is 4.21 Å². The number of piperidine rings is 1. The fourth-order valence-electron chi connectivity index (χ4n) is 5.32. The number of nitrogens with two attached hydrogens (primary N) is 1. The summed E-state index contributed by atoms with van der Waals surface area (Å²) in [6.45, 7) is 5.41. The van der Waals surface area contributed by atoms with Crippen LogP contribution in [0.25, 0.3) is 10.4 Å². The first-order chi connectivity index (χ1) is 18.5. The Hall–Kier alpha value is -2.29. The number of allylic oxidation sites excluding steroid dienone is 1. The molecule has 0 aliphatic carbocycles. The normalized spacial score (nSPS) is 19.2. The lowest BCUT2D eigenvalue weighted by Crippen LogP contribution is -2.44. The van der Waals surface area contributed by atoms with E-state index in [1.165, 1.54) is 38.8 Å². The van der Waals surface area contributed by atoms with Crippen LogP contribution in [0, 0.1) is 0 Å². The molecule has 1 atom stereocenters. The molecular weight excluding hydrogens is 532 g/mol. The van der Waals surface area contributed by atoms with Crippen molar-refractivity contribution >= 4 is 45.1 Å². The summed E-state index contributed by atoms with van der Waals surface area (Å²) in [7, 11) is -1.03. The van der Waals surface area contributed by atoms with Crippen molar-refractivity contribution in [2.75, 3.05) is 39.0 Å². The van der Waals surface area contributed by atoms with Crippen LogP contribution in [-0.4, -0.2) is 64.7 Å². The number of thiophene rings is 1. The molecule has 5 nitrogen and oxygen atoms in total. The summed E-state index contributed by atoms with van der Waals surface area (Å²) in [5.74, 6) is 0. The first kappa shape index (κ1) is 27.3. The molecule has 5 rings (SSSR count). The van der Waals surface area contributed by atoms with Gasteiger partial charge in [-0.15, -0.1) is 11.3 Å². The minimum atomic E-state index is -1.03. The molecule has 3 aromatic rings. The highest BCUT2D eigenvalue weighted by Gasteiger charge is 2.26. The average Bonchev–Trinajstić information content (AvgIpc) is 3.63. The Morgan fingerprint density at radius 3 is 2.58 bits per heavy atom. The summed E-state index contributed by atoms with van der Waals surface area (Å²) >= 11 is 8.12. The van der Waals surface area contributed by atoms with Gasteiger partial charge in [0.25, 0.3) is 0 Å². The van der Waals surface area contributed by atoms with E-state index < -0.39 is 10.8 Å². The quantitative estimate of drug-likeness (QED) is 0.324. The van der Waals surface area contributed by atoms with Crippen molar-refractivity contribution in [2.45, 2.75) is 36.6 Å². The predicted molar refractivity (Wildman–Crippen MR) is 162 cm³/mol. The molecule has 0 spiro atoms. The van der Waals surface area contributed by atoms with Gasteiger partial charge in [0.05, 0.1) is 21.3 Å². The van der Waals surface area contributed by atoms with Crippen molar-refractivity contribution < 1.29 is 4.21 Å². The third kappa shape index (κ3) is 6.82. The lowest BCUT2D eigenvalue weighted by molar-refractivity contribution is 0.133. The summed E-state index contributed by atoms with van der Waals surface area (Å²) < 4.78 is 12.0. The van der Waals surface area contributed by atoms with Crippen LogP contribution in [0.15, 0.2) is 82.3 Å². The zero-order chi connectivity index (χ0) is 26.5. The van der Waals surface area contributed by atoms with E-state index in [1.54, 1.807) is 17.6 Å². The number of hydrogen-bond donors (Lipinski definition) is 1. The van der Waals surface area contributed by atoms with Crippen molar-refractivity contribution in [3.05, 3.63) is 82.3 Å². The summed E-state index contributed by atoms with van der Waals surface area (Å²) in [6, 6.07) is 20.4. The molecule has 2 fully saturated rings. The molecule has 2 saturated heterocycles. The largest absolute Gasteiger partial charge is 0.401 e. The highest BCUT2D eigenvalue weighted by Crippen LogP contribution is 2.32. The highest BCUT2D eigenvalue weighted by molar-refractivity contribution is 7.84. The number of benzene rings is 2. The number of halogens is 1. The number of rotatable bonds is 8. The van der Waals surface area contributed by atoms with Gasteiger partial charge in [-0.2, -0.15) is 0 Å². The van der Waals surface area contributed by atoms with Gasteiger partial charge >= 0.3 is 0 Å². The van der Waals surface area contributed by atoms with E-state index in [0.29, 0.717) is 5.02 Å². The van der Waals surface area contributed by atoms with Crippen molar-refractivity contribution in [1.29, 1.82) is 0 Å². The van der Waals surface area contributed by atoms with Crippen LogP contribution in [0.5, 0.6) is 0 Å². The molecule has 8 heteroatoms. The second kappa shape index (κ2) is 12.7. The van der Waals surface area contributed by atoms with E-state index in [-0.39, 0.29) is 0 Å². The number of hydrogen-bond acceptors (Lipinski definition) is 6. The van der Waals surface area contributed by atoms with Crippen molar-refractivity contribution in [3.63, 3.8) is 0 Å². The molecule has 3 heterocycles. The first-order valence-electron chi connectivity index (χ1n) is 13.3. The van der Waals surface area contributed by atoms with Crippen LogP contribution >= 0.6 is 22.9 Å². The Balaban J connectivity index is 1.37. The van der Waals surface area contributed by atoms with Crippen LogP contribution < -0.4 is 5.73 Å². The maximum atomic E-state index is 12.0. The summed E-state index contributed by atoms with van der Waals surface area (Å²) in [4.78, 5) is 13.0. The van der Waals surface area contributed by atoms with Gasteiger partial charge in [0.2, 0.25) is 0 Å². The Bertz CT molecular complexity index is 1340. The smallest absolute Gasteiger partial charge is 0.0827 e. The van der Waals surface area contributed by atoms with E-state index in [0.717, 1.165) is 63.0 Å². The van der Waals surface area contributed by atoms with Gasteiger partial charge in [-0.25, -0.2) is 4.99 Å². The molecule has 0 radical (unpaired) electrons. The molecule has 2 aliphatic heterocycles. The highest BCUT2D eigenvalue weighted by atomic mass is 35.5. The van der Waals surface area contributed by atoms with E-state index in [2.05, 4.69) is 21.9 Å². The molecule has 38 heavy (non-hydrogen) atoms. The Morgan fingerprint density at radius 1 is 1.08 bits per heavy atom. The molecule has 1 unspecified atom stereocenters. The van der Waals surface area contributed by atoms with E-state index in [1.807, 2.05) is 54.6 Å². The second-order valence-corrected chi connectivity index (χ2v) is 12.9. The van der Waals surface area contributed by atoms with E-state index >= 15 is 0 Å². The standard InChI is InChI=1S/C30H35ClN4OS2/c1-38(36)25-8-6-7-22(19-25)29-11-12-30(37-29)28(33-27-10-3-2-9-26(27)31)20-23(32)21-34-17-13-24(14-18-34)35-15-4-5-16-35/h2-3,6-12,19-20,24H,4-5,13-18,21,32H2,1H3. The summed E-state index contributed by atoms with van der Waals surface area (Å²) in [5.41, 5.74) is 9.99. The summed E-state index contributed by atoms with van der Waals surface area (Å²) in [6.07, 6.45) is 8.82. The number of nitrogens with zero attached hydrogens (tertiary/aromatic N) is 3. The predicted octanol–water partition coefficient (Wildman–Crippen LogP) is 6.33. The minimum Gasteiger partial charge on any atom is -0.401 e. The monoisotopic (exact) mass is 566 g/mol. The number of likely N-dealkylation sites (tertiary alicyclic amines) is 2. The molecule has 0 saturated carbocycles. The van der Waals surface area contributed by atoms with Crippen molar-refractivity contribution in [1.82, 2.24) is 9.80 Å². The third-order valence-electron chi connectivity index (χ3n) is 7.34. The lowest BCUT2D eigenvalue weighted by atomic mass is 10.0. The average molecular weight is 567 g/mol. The van der Waals surface area contributed by atoms with Gasteiger partial charge in [0.1, 0.15) is 0 Å².